The number of benzene rings is 2. The van der Waals surface area contributed by atoms with Gasteiger partial charge >= 0.3 is 0 Å². The Hall–Kier alpha value is -2.20. The number of nitrogens with zero attached hydrogens (tertiary/aromatic N) is 2. The lowest BCUT2D eigenvalue weighted by atomic mass is 10.2. The normalized spacial score (nSPS) is 11.6. The highest BCUT2D eigenvalue weighted by atomic mass is 79.9. The first-order valence-corrected chi connectivity index (χ1v) is 11.9. The van der Waals surface area contributed by atoms with E-state index in [1.165, 1.54) is 6.07 Å². The van der Waals surface area contributed by atoms with E-state index in [1.54, 1.807) is 24.3 Å². The van der Waals surface area contributed by atoms with Gasteiger partial charge in [0, 0.05) is 10.7 Å². The van der Waals surface area contributed by atoms with Crippen molar-refractivity contribution in [1.29, 1.82) is 0 Å². The van der Waals surface area contributed by atoms with Crippen LogP contribution in [-0.2, 0) is 10.0 Å². The van der Waals surface area contributed by atoms with Gasteiger partial charge in [-0.2, -0.15) is 0 Å². The summed E-state index contributed by atoms with van der Waals surface area (Å²) in [5, 5.41) is 3.75. The summed E-state index contributed by atoms with van der Waals surface area (Å²) < 4.78 is 29.1. The fourth-order valence-electron chi connectivity index (χ4n) is 2.65. The Labute approximate surface area is 185 Å². The molecule has 0 radical (unpaired) electrons. The van der Waals surface area contributed by atoms with E-state index >= 15 is 0 Å². The molecule has 4 aromatic rings. The Kier molecular flexibility index (Phi) is 5.48. The minimum atomic E-state index is -3.82. The molecule has 2 heterocycles. The molecule has 0 amide bonds. The van der Waals surface area contributed by atoms with Gasteiger partial charge < -0.3 is 5.32 Å². The standard InChI is InChI=1S/C19H14BrClN4O2S2/c1-11-12(21)5-4-8-13(11)22-18-19(24-15-7-3-2-6-14(15)23-18)25-29(26,27)17-10-9-16(20)28-17/h2-10H,1H3,(H,22,23)(H,24,25). The fourth-order valence-corrected chi connectivity index (χ4v) is 5.84. The molecule has 2 aromatic carbocycles. The molecule has 0 aliphatic carbocycles. The number of rotatable bonds is 5. The van der Waals surface area contributed by atoms with Crippen LogP contribution in [-0.4, -0.2) is 18.4 Å². The van der Waals surface area contributed by atoms with Gasteiger partial charge in [-0.15, -0.1) is 11.3 Å². The van der Waals surface area contributed by atoms with Crippen molar-refractivity contribution in [2.75, 3.05) is 10.0 Å². The highest BCUT2D eigenvalue weighted by Gasteiger charge is 2.21. The van der Waals surface area contributed by atoms with Crippen molar-refractivity contribution < 1.29 is 8.42 Å². The average molecular weight is 510 g/mol. The third kappa shape index (κ3) is 4.23. The van der Waals surface area contributed by atoms with E-state index in [2.05, 4.69) is 35.9 Å². The highest BCUT2D eigenvalue weighted by molar-refractivity contribution is 9.11. The zero-order valence-corrected chi connectivity index (χ0v) is 19.0. The Bertz CT molecular complexity index is 1330. The summed E-state index contributed by atoms with van der Waals surface area (Å²) in [5.41, 5.74) is 2.74. The number of anilines is 3. The lowest BCUT2D eigenvalue weighted by molar-refractivity contribution is 0.603. The van der Waals surface area contributed by atoms with E-state index in [0.29, 0.717) is 21.7 Å². The quantitative estimate of drug-likeness (QED) is 0.347. The van der Waals surface area contributed by atoms with Crippen LogP contribution in [0.2, 0.25) is 5.02 Å². The Morgan fingerprint density at radius 1 is 0.966 bits per heavy atom. The lowest BCUT2D eigenvalue weighted by Gasteiger charge is -2.15. The number of hydrogen-bond donors (Lipinski definition) is 2. The summed E-state index contributed by atoms with van der Waals surface area (Å²) in [7, 11) is -3.82. The molecule has 2 N–H and O–H groups in total. The maximum atomic E-state index is 12.8. The minimum absolute atomic E-state index is 0.104. The second kappa shape index (κ2) is 7.91. The number of halogens is 2. The van der Waals surface area contributed by atoms with Crippen LogP contribution in [0.4, 0.5) is 17.3 Å². The fraction of sp³-hybridized carbons (Fsp3) is 0.0526. The molecule has 2 aromatic heterocycles. The van der Waals surface area contributed by atoms with Gasteiger partial charge in [0.15, 0.2) is 11.6 Å². The molecule has 29 heavy (non-hydrogen) atoms. The molecule has 0 unspecified atom stereocenters. The topological polar surface area (TPSA) is 84.0 Å². The number of aromatic nitrogens is 2. The number of para-hydroxylation sites is 2. The SMILES string of the molecule is Cc1c(Cl)cccc1Nc1nc2ccccc2nc1NS(=O)(=O)c1ccc(Br)s1. The minimum Gasteiger partial charge on any atom is -0.337 e. The van der Waals surface area contributed by atoms with E-state index in [0.717, 1.165) is 20.7 Å². The van der Waals surface area contributed by atoms with Crippen LogP contribution in [0.1, 0.15) is 5.56 Å². The van der Waals surface area contributed by atoms with E-state index in [4.69, 9.17) is 11.6 Å². The monoisotopic (exact) mass is 508 g/mol. The molecule has 0 spiro atoms. The number of hydrogen-bond acceptors (Lipinski definition) is 6. The summed E-state index contributed by atoms with van der Waals surface area (Å²) in [5.74, 6) is 0.390. The van der Waals surface area contributed by atoms with Gasteiger partial charge in [-0.1, -0.05) is 29.8 Å². The number of thiophene rings is 1. The van der Waals surface area contributed by atoms with Gasteiger partial charge in [0.2, 0.25) is 0 Å². The molecule has 0 aliphatic heterocycles. The Morgan fingerprint density at radius 3 is 2.31 bits per heavy atom. The average Bonchev–Trinajstić information content (AvgIpc) is 3.13. The first-order valence-electron chi connectivity index (χ1n) is 8.40. The zero-order chi connectivity index (χ0) is 20.6. The van der Waals surface area contributed by atoms with Crippen LogP contribution in [0.3, 0.4) is 0 Å². The zero-order valence-electron chi connectivity index (χ0n) is 15.0. The van der Waals surface area contributed by atoms with Crippen LogP contribution in [0.5, 0.6) is 0 Å². The van der Waals surface area contributed by atoms with Crippen LogP contribution >= 0.6 is 38.9 Å². The van der Waals surface area contributed by atoms with E-state index in [-0.39, 0.29) is 15.8 Å². The Balaban J connectivity index is 1.81. The third-order valence-electron chi connectivity index (χ3n) is 4.14. The van der Waals surface area contributed by atoms with Crippen molar-refractivity contribution in [3.8, 4) is 0 Å². The molecule has 10 heteroatoms. The first-order chi connectivity index (χ1) is 13.8. The van der Waals surface area contributed by atoms with Crippen molar-refractivity contribution in [2.24, 2.45) is 0 Å². The molecular weight excluding hydrogens is 496 g/mol. The smallest absolute Gasteiger partial charge is 0.272 e. The van der Waals surface area contributed by atoms with Gasteiger partial charge in [-0.05, 0) is 64.8 Å². The summed E-state index contributed by atoms with van der Waals surface area (Å²) in [6.45, 7) is 1.87. The van der Waals surface area contributed by atoms with Crippen molar-refractivity contribution in [2.45, 2.75) is 11.1 Å². The van der Waals surface area contributed by atoms with Crippen LogP contribution < -0.4 is 10.0 Å². The van der Waals surface area contributed by atoms with Gasteiger partial charge in [0.05, 0.1) is 14.8 Å². The molecule has 0 atom stereocenters. The lowest BCUT2D eigenvalue weighted by Crippen LogP contribution is -2.15. The van der Waals surface area contributed by atoms with Gasteiger partial charge in [0.25, 0.3) is 10.0 Å². The molecule has 0 bridgehead atoms. The van der Waals surface area contributed by atoms with Gasteiger partial charge in [-0.25, -0.2) is 18.4 Å². The van der Waals surface area contributed by atoms with E-state index in [1.807, 2.05) is 31.2 Å². The highest BCUT2D eigenvalue weighted by Crippen LogP contribution is 2.32. The number of sulfonamides is 1. The predicted molar refractivity (Wildman–Crippen MR) is 122 cm³/mol. The van der Waals surface area contributed by atoms with Crippen molar-refractivity contribution in [3.63, 3.8) is 0 Å². The van der Waals surface area contributed by atoms with Crippen LogP contribution in [0, 0.1) is 6.92 Å². The number of nitrogens with one attached hydrogen (secondary N) is 2. The molecule has 4 rings (SSSR count). The molecule has 148 valence electrons. The van der Waals surface area contributed by atoms with E-state index < -0.39 is 10.0 Å². The van der Waals surface area contributed by atoms with Crippen molar-refractivity contribution in [3.05, 3.63) is 69.0 Å². The summed E-state index contributed by atoms with van der Waals surface area (Å²) in [6, 6.07) is 15.9. The molecule has 0 saturated carbocycles. The van der Waals surface area contributed by atoms with Crippen LogP contribution in [0.25, 0.3) is 11.0 Å². The molecule has 0 saturated heterocycles. The maximum absolute atomic E-state index is 12.8. The largest absolute Gasteiger partial charge is 0.337 e. The maximum Gasteiger partial charge on any atom is 0.272 e. The number of fused-ring (bicyclic) bond motifs is 1. The summed E-state index contributed by atoms with van der Waals surface area (Å²) in [6.07, 6.45) is 0. The first kappa shape index (κ1) is 20.1. The predicted octanol–water partition coefficient (Wildman–Crippen LogP) is 5.96. The molecule has 6 nitrogen and oxygen atoms in total. The third-order valence-corrected chi connectivity index (χ3v) is 8.00. The van der Waals surface area contributed by atoms with Crippen molar-refractivity contribution in [1.82, 2.24) is 9.97 Å². The van der Waals surface area contributed by atoms with Gasteiger partial charge in [0.1, 0.15) is 4.21 Å². The van der Waals surface area contributed by atoms with E-state index in [9.17, 15) is 8.42 Å². The molecule has 0 fully saturated rings. The molecule has 0 aliphatic rings. The summed E-state index contributed by atoms with van der Waals surface area (Å²) >= 11 is 10.6. The van der Waals surface area contributed by atoms with Gasteiger partial charge in [-0.3, -0.25) is 4.72 Å². The molecular formula is C19H14BrClN4O2S2. The second-order valence-electron chi connectivity index (χ2n) is 6.11. The van der Waals surface area contributed by atoms with Crippen LogP contribution in [0.15, 0.2) is 62.6 Å². The second-order valence-corrected chi connectivity index (χ2v) is 10.9. The van der Waals surface area contributed by atoms with Crippen molar-refractivity contribution >= 4 is 77.2 Å². The Morgan fingerprint density at radius 2 is 1.66 bits per heavy atom. The summed E-state index contributed by atoms with van der Waals surface area (Å²) in [4.78, 5) is 9.06.